The zero-order valence-corrected chi connectivity index (χ0v) is 14.2. The monoisotopic (exact) mass is 352 g/mol. The van der Waals surface area contributed by atoms with Crippen molar-refractivity contribution in [3.8, 4) is 5.75 Å². The summed E-state index contributed by atoms with van der Waals surface area (Å²) < 4.78 is 9.84. The second-order valence-corrected chi connectivity index (χ2v) is 5.81. The number of amides is 1. The molecule has 9 nitrogen and oxygen atoms in total. The molecule has 1 N–H and O–H groups in total. The normalized spacial score (nSPS) is 20.1. The molecule has 0 spiro atoms. The van der Waals surface area contributed by atoms with E-state index in [4.69, 9.17) is 9.47 Å². The first-order chi connectivity index (χ1) is 11.8. The van der Waals surface area contributed by atoms with Gasteiger partial charge in [0.25, 0.3) is 11.6 Å². The number of esters is 1. The topological polar surface area (TPSA) is 119 Å². The Morgan fingerprint density at radius 1 is 1.36 bits per heavy atom. The van der Waals surface area contributed by atoms with Gasteiger partial charge in [-0.05, 0) is 18.9 Å². The van der Waals surface area contributed by atoms with Crippen LogP contribution < -0.4 is 4.74 Å². The molecular formula is C16H20N2O7. The third kappa shape index (κ3) is 3.71. The van der Waals surface area contributed by atoms with Gasteiger partial charge in [-0.25, -0.2) is 4.79 Å². The molecule has 2 atom stereocenters. The van der Waals surface area contributed by atoms with Crippen LogP contribution in [0, 0.1) is 17.0 Å². The smallest absolute Gasteiger partial charge is 0.328 e. The van der Waals surface area contributed by atoms with Gasteiger partial charge >= 0.3 is 5.97 Å². The van der Waals surface area contributed by atoms with Gasteiger partial charge < -0.3 is 19.5 Å². The molecule has 9 heteroatoms. The molecule has 1 heterocycles. The number of piperidine rings is 1. The standard InChI is InChI=1S/C16H20N2O7/c1-9-6-12(18(22)23)11(8-14(9)24-2)15(20)17-5-4-10(19)7-13(17)16(21)25-3/h6,8,10,13,19H,4-5,7H2,1-3H3/t10-,13-/m0/s1. The molecule has 1 aliphatic rings. The van der Waals surface area contributed by atoms with Gasteiger partial charge in [-0.15, -0.1) is 0 Å². The molecule has 0 saturated carbocycles. The number of nitro groups is 1. The van der Waals surface area contributed by atoms with Gasteiger partial charge in [0.1, 0.15) is 17.4 Å². The van der Waals surface area contributed by atoms with E-state index in [0.717, 1.165) is 0 Å². The average molecular weight is 352 g/mol. The van der Waals surface area contributed by atoms with Gasteiger partial charge in [-0.3, -0.25) is 14.9 Å². The van der Waals surface area contributed by atoms with E-state index in [1.165, 1.54) is 31.3 Å². The zero-order chi connectivity index (χ0) is 18.7. The number of nitro benzene ring substituents is 1. The van der Waals surface area contributed by atoms with E-state index in [2.05, 4.69) is 0 Å². The van der Waals surface area contributed by atoms with Crippen molar-refractivity contribution in [2.45, 2.75) is 31.9 Å². The van der Waals surface area contributed by atoms with Crippen LogP contribution in [0.25, 0.3) is 0 Å². The van der Waals surface area contributed by atoms with Crippen LogP contribution in [0.3, 0.4) is 0 Å². The minimum absolute atomic E-state index is 0.0230. The number of aliphatic hydroxyl groups excluding tert-OH is 1. The van der Waals surface area contributed by atoms with Crippen LogP contribution in [0.4, 0.5) is 5.69 Å². The van der Waals surface area contributed by atoms with E-state index >= 15 is 0 Å². The van der Waals surface area contributed by atoms with Gasteiger partial charge in [-0.1, -0.05) is 0 Å². The summed E-state index contributed by atoms with van der Waals surface area (Å²) in [6, 6.07) is 1.57. The van der Waals surface area contributed by atoms with Crippen LogP contribution >= 0.6 is 0 Å². The minimum Gasteiger partial charge on any atom is -0.496 e. The van der Waals surface area contributed by atoms with E-state index in [9.17, 15) is 24.8 Å². The molecule has 1 amide bonds. The van der Waals surface area contributed by atoms with Crippen LogP contribution in [0.5, 0.6) is 5.75 Å². The number of hydrogen-bond donors (Lipinski definition) is 1. The van der Waals surface area contributed by atoms with Crippen LogP contribution in [-0.4, -0.2) is 59.7 Å². The molecule has 1 fully saturated rings. The molecule has 0 aromatic heterocycles. The lowest BCUT2D eigenvalue weighted by Crippen LogP contribution is -2.51. The first kappa shape index (κ1) is 18.7. The highest BCUT2D eigenvalue weighted by atomic mass is 16.6. The summed E-state index contributed by atoms with van der Waals surface area (Å²) in [7, 11) is 2.58. The third-order valence-electron chi connectivity index (χ3n) is 4.25. The van der Waals surface area contributed by atoms with E-state index in [-0.39, 0.29) is 30.6 Å². The van der Waals surface area contributed by atoms with Gasteiger partial charge in [0.05, 0.1) is 25.2 Å². The zero-order valence-electron chi connectivity index (χ0n) is 14.2. The lowest BCUT2D eigenvalue weighted by molar-refractivity contribution is -0.385. The molecule has 1 saturated heterocycles. The Bertz CT molecular complexity index is 704. The quantitative estimate of drug-likeness (QED) is 0.488. The van der Waals surface area contributed by atoms with Crippen molar-refractivity contribution in [2.24, 2.45) is 0 Å². The number of methoxy groups -OCH3 is 2. The molecule has 0 radical (unpaired) electrons. The molecule has 1 aliphatic heterocycles. The molecule has 1 aromatic rings. The van der Waals surface area contributed by atoms with Crippen molar-refractivity contribution in [2.75, 3.05) is 20.8 Å². The third-order valence-corrected chi connectivity index (χ3v) is 4.25. The maximum atomic E-state index is 12.9. The maximum Gasteiger partial charge on any atom is 0.328 e. The van der Waals surface area contributed by atoms with Crippen molar-refractivity contribution in [3.63, 3.8) is 0 Å². The largest absolute Gasteiger partial charge is 0.496 e. The summed E-state index contributed by atoms with van der Waals surface area (Å²) in [4.78, 5) is 36.8. The second kappa shape index (κ2) is 7.47. The average Bonchev–Trinajstić information content (AvgIpc) is 2.59. The van der Waals surface area contributed by atoms with E-state index in [0.29, 0.717) is 11.3 Å². The summed E-state index contributed by atoms with van der Waals surface area (Å²) in [5.41, 5.74) is -0.0138. The SMILES string of the molecule is COC(=O)[C@@H]1C[C@@H](O)CCN1C(=O)c1cc(OC)c(C)cc1[N+](=O)[O-]. The Hall–Kier alpha value is -2.68. The number of ether oxygens (including phenoxy) is 2. The Kier molecular flexibility index (Phi) is 5.58. The van der Waals surface area contributed by atoms with E-state index in [1.54, 1.807) is 6.92 Å². The Balaban J connectivity index is 2.47. The summed E-state index contributed by atoms with van der Waals surface area (Å²) in [6.45, 7) is 1.72. The number of hydrogen-bond acceptors (Lipinski definition) is 7. The number of carbonyl (C=O) groups excluding carboxylic acids is 2. The molecule has 2 rings (SSSR count). The summed E-state index contributed by atoms with van der Waals surface area (Å²) in [5.74, 6) is -1.01. The number of carbonyl (C=O) groups is 2. The van der Waals surface area contributed by atoms with Crippen LogP contribution in [0.15, 0.2) is 12.1 Å². The van der Waals surface area contributed by atoms with E-state index in [1.807, 2.05) is 0 Å². The highest BCUT2D eigenvalue weighted by Crippen LogP contribution is 2.31. The minimum atomic E-state index is -0.992. The Morgan fingerprint density at radius 3 is 2.60 bits per heavy atom. The highest BCUT2D eigenvalue weighted by Gasteiger charge is 2.38. The van der Waals surface area contributed by atoms with Crippen LogP contribution in [0.1, 0.15) is 28.8 Å². The number of aliphatic hydroxyl groups is 1. The van der Waals surface area contributed by atoms with Gasteiger partial charge in [-0.2, -0.15) is 0 Å². The lowest BCUT2D eigenvalue weighted by Gasteiger charge is -2.36. The maximum absolute atomic E-state index is 12.9. The Labute approximate surface area is 144 Å². The van der Waals surface area contributed by atoms with Crippen LogP contribution in [0.2, 0.25) is 0 Å². The number of likely N-dealkylation sites (tertiary alicyclic amines) is 1. The molecular weight excluding hydrogens is 332 g/mol. The predicted octanol–water partition coefficient (Wildman–Crippen LogP) is 1.05. The first-order valence-electron chi connectivity index (χ1n) is 7.70. The van der Waals surface area contributed by atoms with Gasteiger partial charge in [0.15, 0.2) is 0 Å². The number of nitrogens with zero attached hydrogens (tertiary/aromatic N) is 2. The van der Waals surface area contributed by atoms with Crippen molar-refractivity contribution < 1.29 is 29.1 Å². The fraction of sp³-hybridized carbons (Fsp3) is 0.500. The fourth-order valence-corrected chi connectivity index (χ4v) is 2.92. The van der Waals surface area contributed by atoms with Crippen molar-refractivity contribution in [1.82, 2.24) is 4.90 Å². The van der Waals surface area contributed by atoms with E-state index < -0.39 is 28.9 Å². The van der Waals surface area contributed by atoms with Gasteiger partial charge in [0, 0.05) is 25.1 Å². The number of aryl methyl sites for hydroxylation is 1. The van der Waals surface area contributed by atoms with Crippen LogP contribution in [-0.2, 0) is 9.53 Å². The fourth-order valence-electron chi connectivity index (χ4n) is 2.92. The van der Waals surface area contributed by atoms with Crippen molar-refractivity contribution in [1.29, 1.82) is 0 Å². The first-order valence-corrected chi connectivity index (χ1v) is 7.70. The summed E-state index contributed by atoms with van der Waals surface area (Å²) in [5, 5.41) is 21.1. The molecule has 0 bridgehead atoms. The molecule has 25 heavy (non-hydrogen) atoms. The van der Waals surface area contributed by atoms with Crippen molar-refractivity contribution >= 4 is 17.6 Å². The number of rotatable bonds is 4. The number of benzene rings is 1. The second-order valence-electron chi connectivity index (χ2n) is 5.81. The predicted molar refractivity (Wildman–Crippen MR) is 86.5 cm³/mol. The summed E-state index contributed by atoms with van der Waals surface area (Å²) >= 11 is 0. The lowest BCUT2D eigenvalue weighted by atomic mass is 9.97. The molecule has 136 valence electrons. The Morgan fingerprint density at radius 2 is 2.04 bits per heavy atom. The molecule has 1 aromatic carbocycles. The molecule has 0 unspecified atom stereocenters. The van der Waals surface area contributed by atoms with Crippen molar-refractivity contribution in [3.05, 3.63) is 33.4 Å². The van der Waals surface area contributed by atoms with Gasteiger partial charge in [0.2, 0.25) is 0 Å². The molecule has 0 aliphatic carbocycles. The summed E-state index contributed by atoms with van der Waals surface area (Å²) in [6.07, 6.45) is -0.443. The highest BCUT2D eigenvalue weighted by molar-refractivity contribution is 6.00.